The first-order valence-corrected chi connectivity index (χ1v) is 14.8. The molecule has 38 heavy (non-hydrogen) atoms. The molecule has 0 bridgehead atoms. The summed E-state index contributed by atoms with van der Waals surface area (Å²) >= 11 is 0. The SMILES string of the molecule is CCC(=O)NS(=O)(=O)c1cc(Nc2ncc(F)c(Nc3ccc(CNS(=O)(=O)C4CC4)cc3)n2)ccc1C. The number of carbonyl (C=O) groups excluding carboxylic acids is 1. The van der Waals surface area contributed by atoms with Crippen LogP contribution in [-0.2, 0) is 31.4 Å². The second-order valence-corrected chi connectivity index (χ2v) is 12.5. The monoisotopic (exact) mass is 562 g/mol. The van der Waals surface area contributed by atoms with E-state index >= 15 is 0 Å². The normalized spacial score (nSPS) is 13.7. The van der Waals surface area contributed by atoms with Crippen molar-refractivity contribution >= 4 is 49.1 Å². The number of sulfonamides is 2. The number of anilines is 4. The number of rotatable bonds is 11. The summed E-state index contributed by atoms with van der Waals surface area (Å²) in [6.07, 6.45) is 2.34. The maximum absolute atomic E-state index is 14.4. The van der Waals surface area contributed by atoms with Gasteiger partial charge in [-0.05, 0) is 55.2 Å². The Morgan fingerprint density at radius 2 is 1.71 bits per heavy atom. The Labute approximate surface area is 220 Å². The van der Waals surface area contributed by atoms with Crippen LogP contribution in [0.15, 0.2) is 53.6 Å². The fourth-order valence-corrected chi connectivity index (χ4v) is 6.10. The van der Waals surface area contributed by atoms with Crippen LogP contribution in [0.2, 0.25) is 0 Å². The van der Waals surface area contributed by atoms with E-state index in [0.717, 1.165) is 11.8 Å². The molecule has 0 aliphatic heterocycles. The number of nitrogens with one attached hydrogen (secondary N) is 4. The molecule has 1 aliphatic rings. The van der Waals surface area contributed by atoms with E-state index in [2.05, 4.69) is 25.3 Å². The van der Waals surface area contributed by atoms with E-state index in [1.807, 2.05) is 4.72 Å². The average Bonchev–Trinajstić information content (AvgIpc) is 3.73. The highest BCUT2D eigenvalue weighted by molar-refractivity contribution is 7.90. The van der Waals surface area contributed by atoms with Crippen LogP contribution < -0.4 is 20.1 Å². The largest absolute Gasteiger partial charge is 0.338 e. The minimum atomic E-state index is -4.08. The Kier molecular flexibility index (Phi) is 7.94. The maximum Gasteiger partial charge on any atom is 0.264 e. The van der Waals surface area contributed by atoms with E-state index < -0.39 is 31.8 Å². The van der Waals surface area contributed by atoms with Crippen LogP contribution in [0, 0.1) is 12.7 Å². The molecule has 1 heterocycles. The zero-order chi connectivity index (χ0) is 27.5. The minimum Gasteiger partial charge on any atom is -0.338 e. The Bertz CT molecular complexity index is 1560. The van der Waals surface area contributed by atoms with Crippen LogP contribution in [0.3, 0.4) is 0 Å². The second-order valence-electron chi connectivity index (χ2n) is 8.77. The van der Waals surface area contributed by atoms with Crippen LogP contribution in [-0.4, -0.2) is 38.0 Å². The molecule has 1 aromatic heterocycles. The summed E-state index contributed by atoms with van der Waals surface area (Å²) in [6.45, 7) is 3.30. The third kappa shape index (κ3) is 6.82. The minimum absolute atomic E-state index is 0.00444. The lowest BCUT2D eigenvalue weighted by Gasteiger charge is -2.13. The van der Waals surface area contributed by atoms with Gasteiger partial charge in [0, 0.05) is 24.3 Å². The van der Waals surface area contributed by atoms with Crippen molar-refractivity contribution in [2.24, 2.45) is 0 Å². The number of hydrogen-bond acceptors (Lipinski definition) is 9. The summed E-state index contributed by atoms with van der Waals surface area (Å²) in [5, 5.41) is 5.40. The van der Waals surface area contributed by atoms with E-state index in [1.165, 1.54) is 6.07 Å². The molecule has 14 heteroatoms. The van der Waals surface area contributed by atoms with Crippen LogP contribution >= 0.6 is 0 Å². The van der Waals surface area contributed by atoms with Gasteiger partial charge in [-0.2, -0.15) is 4.98 Å². The van der Waals surface area contributed by atoms with Crippen LogP contribution in [0.4, 0.5) is 27.5 Å². The third-order valence-corrected chi connectivity index (χ3v) is 9.12. The highest BCUT2D eigenvalue weighted by atomic mass is 32.2. The molecule has 3 aromatic rings. The van der Waals surface area contributed by atoms with Crippen molar-refractivity contribution in [1.82, 2.24) is 19.4 Å². The fraction of sp³-hybridized carbons (Fsp3) is 0.292. The number of halogens is 1. The molecule has 1 fully saturated rings. The van der Waals surface area contributed by atoms with E-state index in [0.29, 0.717) is 29.8 Å². The van der Waals surface area contributed by atoms with Gasteiger partial charge < -0.3 is 10.6 Å². The molecule has 0 radical (unpaired) electrons. The van der Waals surface area contributed by atoms with Crippen molar-refractivity contribution in [2.45, 2.75) is 49.8 Å². The van der Waals surface area contributed by atoms with Crippen LogP contribution in [0.5, 0.6) is 0 Å². The van der Waals surface area contributed by atoms with Gasteiger partial charge in [0.05, 0.1) is 16.3 Å². The number of benzene rings is 2. The van der Waals surface area contributed by atoms with Gasteiger partial charge in [0.1, 0.15) is 0 Å². The standard InChI is InChI=1S/C24H27FN6O5S2/c1-3-22(32)31-38(35,36)21-12-18(7-4-15(21)2)29-24-26-14-20(25)23(30-24)28-17-8-5-16(6-9-17)13-27-37(33,34)19-10-11-19/h4-9,12,14,19,27H,3,10-11,13H2,1-2H3,(H,31,32)(H2,26,28,29,30). The van der Waals surface area contributed by atoms with E-state index in [1.54, 1.807) is 50.2 Å². The second kappa shape index (κ2) is 11.0. The molecule has 4 N–H and O–H groups in total. The molecule has 0 saturated heterocycles. The summed E-state index contributed by atoms with van der Waals surface area (Å²) in [4.78, 5) is 19.6. The molecule has 1 saturated carbocycles. The van der Waals surface area contributed by atoms with Crippen molar-refractivity contribution in [3.8, 4) is 0 Å². The predicted octanol–water partition coefficient (Wildman–Crippen LogP) is 3.21. The smallest absolute Gasteiger partial charge is 0.264 e. The number of aryl methyl sites for hydroxylation is 1. The molecule has 0 spiro atoms. The number of nitrogens with zero attached hydrogens (tertiary/aromatic N) is 2. The van der Waals surface area contributed by atoms with Gasteiger partial charge in [-0.3, -0.25) is 4.79 Å². The van der Waals surface area contributed by atoms with Crippen molar-refractivity contribution in [2.75, 3.05) is 10.6 Å². The van der Waals surface area contributed by atoms with Gasteiger partial charge in [-0.1, -0.05) is 25.1 Å². The summed E-state index contributed by atoms with van der Waals surface area (Å²) < 4.78 is 68.2. The predicted molar refractivity (Wildman–Crippen MR) is 141 cm³/mol. The first kappa shape index (κ1) is 27.4. The lowest BCUT2D eigenvalue weighted by atomic mass is 10.2. The Morgan fingerprint density at radius 3 is 2.37 bits per heavy atom. The van der Waals surface area contributed by atoms with Crippen molar-refractivity contribution < 1.29 is 26.0 Å². The molecule has 1 amide bonds. The van der Waals surface area contributed by atoms with Gasteiger partial charge in [0.15, 0.2) is 11.6 Å². The molecule has 11 nitrogen and oxygen atoms in total. The summed E-state index contributed by atoms with van der Waals surface area (Å²) in [5.74, 6) is -1.47. The highest BCUT2D eigenvalue weighted by Gasteiger charge is 2.35. The Morgan fingerprint density at radius 1 is 1.03 bits per heavy atom. The van der Waals surface area contributed by atoms with Gasteiger partial charge in [-0.25, -0.2) is 35.7 Å². The quantitative estimate of drug-likeness (QED) is 0.275. The average molecular weight is 563 g/mol. The molecule has 0 unspecified atom stereocenters. The molecule has 0 atom stereocenters. The molecular formula is C24H27FN6O5S2. The van der Waals surface area contributed by atoms with Crippen LogP contribution in [0.25, 0.3) is 0 Å². The van der Waals surface area contributed by atoms with Crippen molar-refractivity contribution in [3.63, 3.8) is 0 Å². The topological polar surface area (TPSA) is 159 Å². The molecule has 2 aromatic carbocycles. The number of amides is 1. The molecule has 1 aliphatic carbocycles. The van der Waals surface area contributed by atoms with E-state index in [-0.39, 0.29) is 34.9 Å². The van der Waals surface area contributed by atoms with Crippen LogP contribution in [0.1, 0.15) is 37.3 Å². The van der Waals surface area contributed by atoms with E-state index in [9.17, 15) is 26.0 Å². The van der Waals surface area contributed by atoms with Crippen molar-refractivity contribution in [3.05, 3.63) is 65.6 Å². The molecule has 202 valence electrons. The van der Waals surface area contributed by atoms with Gasteiger partial charge >= 0.3 is 0 Å². The lowest BCUT2D eigenvalue weighted by molar-refractivity contribution is -0.119. The van der Waals surface area contributed by atoms with Gasteiger partial charge in [-0.15, -0.1) is 0 Å². The maximum atomic E-state index is 14.4. The fourth-order valence-electron chi connectivity index (χ4n) is 3.41. The van der Waals surface area contributed by atoms with E-state index in [4.69, 9.17) is 0 Å². The number of carbonyl (C=O) groups is 1. The number of aromatic nitrogens is 2. The number of hydrogen-bond donors (Lipinski definition) is 4. The molecule has 4 rings (SSSR count). The molecular weight excluding hydrogens is 535 g/mol. The first-order valence-electron chi connectivity index (χ1n) is 11.8. The zero-order valence-electron chi connectivity index (χ0n) is 20.7. The highest BCUT2D eigenvalue weighted by Crippen LogP contribution is 2.28. The summed E-state index contributed by atoms with van der Waals surface area (Å²) in [6, 6.07) is 11.2. The van der Waals surface area contributed by atoms with Gasteiger partial charge in [0.25, 0.3) is 10.0 Å². The van der Waals surface area contributed by atoms with Gasteiger partial charge in [0.2, 0.25) is 21.9 Å². The first-order chi connectivity index (χ1) is 18.0. The Hall–Kier alpha value is -3.62. The third-order valence-electron chi connectivity index (χ3n) is 5.70. The lowest BCUT2D eigenvalue weighted by Crippen LogP contribution is -2.30. The van der Waals surface area contributed by atoms with Crippen molar-refractivity contribution in [1.29, 1.82) is 0 Å². The zero-order valence-corrected chi connectivity index (χ0v) is 22.3. The summed E-state index contributed by atoms with van der Waals surface area (Å²) in [7, 11) is -7.37. The summed E-state index contributed by atoms with van der Waals surface area (Å²) in [5.41, 5.74) is 2.00. The Balaban J connectivity index is 1.46.